The van der Waals surface area contributed by atoms with E-state index >= 15 is 0 Å². The van der Waals surface area contributed by atoms with E-state index in [4.69, 9.17) is 4.74 Å². The summed E-state index contributed by atoms with van der Waals surface area (Å²) in [6.45, 7) is 2.65. The summed E-state index contributed by atoms with van der Waals surface area (Å²) in [7, 11) is 0. The Hall–Kier alpha value is -1.84. The molecule has 0 saturated carbocycles. The molecular formula is C18H25NO3. The Bertz CT molecular complexity index is 486. The van der Waals surface area contributed by atoms with Crippen molar-refractivity contribution >= 4 is 11.9 Å². The molecule has 2 atom stereocenters. The molecule has 120 valence electrons. The van der Waals surface area contributed by atoms with Gasteiger partial charge in [-0.2, -0.15) is 0 Å². The molecule has 2 unspecified atom stereocenters. The molecule has 1 aromatic rings. The summed E-state index contributed by atoms with van der Waals surface area (Å²) in [4.78, 5) is 23.8. The molecule has 0 aliphatic carbocycles. The summed E-state index contributed by atoms with van der Waals surface area (Å²) >= 11 is 0. The molecule has 1 saturated heterocycles. The van der Waals surface area contributed by atoms with Crippen LogP contribution in [0, 0.1) is 5.92 Å². The zero-order chi connectivity index (χ0) is 15.8. The fraction of sp³-hybridized carbons (Fsp3) is 0.556. The number of carbonyl (C=O) groups excluding carboxylic acids is 2. The van der Waals surface area contributed by atoms with Crippen LogP contribution in [0.15, 0.2) is 30.3 Å². The fourth-order valence-corrected chi connectivity index (χ4v) is 2.78. The quantitative estimate of drug-likeness (QED) is 0.592. The van der Waals surface area contributed by atoms with Crippen LogP contribution in [0.25, 0.3) is 0 Å². The number of cyclic esters (lactones) is 1. The number of ether oxygens (including phenoxy) is 1. The van der Waals surface area contributed by atoms with E-state index in [1.165, 1.54) is 0 Å². The third-order valence-electron chi connectivity index (χ3n) is 4.06. The lowest BCUT2D eigenvalue weighted by atomic mass is 9.98. The lowest BCUT2D eigenvalue weighted by molar-refractivity contribution is -0.145. The Morgan fingerprint density at radius 1 is 1.27 bits per heavy atom. The minimum absolute atomic E-state index is 0.00553. The second kappa shape index (κ2) is 8.57. The summed E-state index contributed by atoms with van der Waals surface area (Å²) in [5, 5.41) is 2.87. The van der Waals surface area contributed by atoms with Crippen LogP contribution in [-0.4, -0.2) is 18.0 Å². The van der Waals surface area contributed by atoms with E-state index in [0.29, 0.717) is 13.0 Å². The molecule has 2 rings (SSSR count). The van der Waals surface area contributed by atoms with Gasteiger partial charge in [0.2, 0.25) is 5.91 Å². The van der Waals surface area contributed by atoms with E-state index in [1.54, 1.807) is 0 Å². The molecule has 1 heterocycles. The highest BCUT2D eigenvalue weighted by Crippen LogP contribution is 2.27. The van der Waals surface area contributed by atoms with Gasteiger partial charge < -0.3 is 10.1 Å². The Morgan fingerprint density at radius 2 is 2.05 bits per heavy atom. The average Bonchev–Trinajstić information content (AvgIpc) is 2.86. The Balaban J connectivity index is 1.71. The first-order chi connectivity index (χ1) is 10.7. The van der Waals surface area contributed by atoms with Gasteiger partial charge in [-0.05, 0) is 24.8 Å². The maximum Gasteiger partial charge on any atom is 0.309 e. The van der Waals surface area contributed by atoms with Crippen LogP contribution in [0.2, 0.25) is 0 Å². The van der Waals surface area contributed by atoms with Gasteiger partial charge in [-0.3, -0.25) is 9.59 Å². The second-order valence-corrected chi connectivity index (χ2v) is 5.95. The molecule has 0 radical (unpaired) electrons. The monoisotopic (exact) mass is 303 g/mol. The number of esters is 1. The third kappa shape index (κ3) is 5.17. The zero-order valence-electron chi connectivity index (χ0n) is 13.2. The van der Waals surface area contributed by atoms with Crippen molar-refractivity contribution in [2.24, 2.45) is 5.92 Å². The fourth-order valence-electron chi connectivity index (χ4n) is 2.78. The van der Waals surface area contributed by atoms with Crippen LogP contribution in [0.4, 0.5) is 0 Å². The molecular weight excluding hydrogens is 278 g/mol. The van der Waals surface area contributed by atoms with Gasteiger partial charge in [-0.15, -0.1) is 0 Å². The minimum atomic E-state index is -0.276. The van der Waals surface area contributed by atoms with Crippen molar-refractivity contribution in [3.63, 3.8) is 0 Å². The van der Waals surface area contributed by atoms with Gasteiger partial charge in [0.25, 0.3) is 0 Å². The number of nitrogens with one attached hydrogen (secondary N) is 1. The molecule has 1 aliphatic heterocycles. The van der Waals surface area contributed by atoms with Crippen molar-refractivity contribution in [1.82, 2.24) is 5.32 Å². The maximum absolute atomic E-state index is 12.0. The number of benzene rings is 1. The van der Waals surface area contributed by atoms with Gasteiger partial charge in [0.05, 0.1) is 5.92 Å². The predicted molar refractivity (Wildman–Crippen MR) is 85.0 cm³/mol. The Kier molecular flexibility index (Phi) is 6.44. The molecule has 0 aromatic heterocycles. The topological polar surface area (TPSA) is 55.4 Å². The van der Waals surface area contributed by atoms with Crippen molar-refractivity contribution in [1.29, 1.82) is 0 Å². The summed E-state index contributed by atoms with van der Waals surface area (Å²) in [5.41, 5.74) is 1.06. The van der Waals surface area contributed by atoms with Crippen molar-refractivity contribution in [2.45, 2.75) is 58.1 Å². The highest BCUT2D eigenvalue weighted by molar-refractivity contribution is 5.84. The van der Waals surface area contributed by atoms with E-state index in [-0.39, 0.29) is 30.3 Å². The van der Waals surface area contributed by atoms with E-state index in [9.17, 15) is 9.59 Å². The first-order valence-electron chi connectivity index (χ1n) is 8.20. The van der Waals surface area contributed by atoms with E-state index in [0.717, 1.165) is 31.2 Å². The van der Waals surface area contributed by atoms with Crippen LogP contribution in [0.5, 0.6) is 0 Å². The van der Waals surface area contributed by atoms with Crippen molar-refractivity contribution in [3.05, 3.63) is 35.9 Å². The van der Waals surface area contributed by atoms with E-state index in [2.05, 4.69) is 12.2 Å². The lowest BCUT2D eigenvalue weighted by Crippen LogP contribution is -2.26. The van der Waals surface area contributed by atoms with Crippen LogP contribution in [-0.2, 0) is 20.9 Å². The molecule has 1 aromatic carbocycles. The Labute approximate surface area is 132 Å². The summed E-state index contributed by atoms with van der Waals surface area (Å²) in [6, 6.07) is 9.76. The number of rotatable bonds is 8. The summed E-state index contributed by atoms with van der Waals surface area (Å²) < 4.78 is 5.37. The SMILES string of the molecule is CCCCCC1CC(CC(=O)NCc2ccccc2)C(=O)O1. The van der Waals surface area contributed by atoms with E-state index < -0.39 is 0 Å². The molecule has 1 amide bonds. The predicted octanol–water partition coefficient (Wildman–Crippen LogP) is 3.20. The standard InChI is InChI=1S/C18H25NO3/c1-2-3-5-10-16-11-15(18(21)22-16)12-17(20)19-13-14-8-6-4-7-9-14/h4,6-9,15-16H,2-3,5,10-13H2,1H3,(H,19,20). The number of amides is 1. The van der Waals surface area contributed by atoms with Crippen molar-refractivity contribution in [2.75, 3.05) is 0 Å². The molecule has 1 fully saturated rings. The van der Waals surface area contributed by atoms with Crippen molar-refractivity contribution in [3.8, 4) is 0 Å². The van der Waals surface area contributed by atoms with Crippen LogP contribution in [0.1, 0.15) is 51.0 Å². The van der Waals surface area contributed by atoms with E-state index in [1.807, 2.05) is 30.3 Å². The normalized spacial score (nSPS) is 20.7. The molecule has 4 nitrogen and oxygen atoms in total. The van der Waals surface area contributed by atoms with Gasteiger partial charge in [0.15, 0.2) is 0 Å². The second-order valence-electron chi connectivity index (χ2n) is 5.95. The van der Waals surface area contributed by atoms with Crippen LogP contribution in [0.3, 0.4) is 0 Å². The van der Waals surface area contributed by atoms with Gasteiger partial charge in [-0.1, -0.05) is 50.1 Å². The molecule has 0 spiro atoms. The number of unbranched alkanes of at least 4 members (excludes halogenated alkanes) is 2. The number of carbonyl (C=O) groups is 2. The summed E-state index contributed by atoms with van der Waals surface area (Å²) in [5.74, 6) is -0.571. The van der Waals surface area contributed by atoms with Gasteiger partial charge in [0, 0.05) is 13.0 Å². The first kappa shape index (κ1) is 16.5. The number of hydrogen-bond donors (Lipinski definition) is 1. The smallest absolute Gasteiger partial charge is 0.309 e. The van der Waals surface area contributed by atoms with Gasteiger partial charge in [-0.25, -0.2) is 0 Å². The first-order valence-corrected chi connectivity index (χ1v) is 8.20. The van der Waals surface area contributed by atoms with Crippen LogP contribution < -0.4 is 5.32 Å². The van der Waals surface area contributed by atoms with Gasteiger partial charge in [0.1, 0.15) is 6.10 Å². The van der Waals surface area contributed by atoms with Crippen molar-refractivity contribution < 1.29 is 14.3 Å². The molecule has 22 heavy (non-hydrogen) atoms. The maximum atomic E-state index is 12.0. The Morgan fingerprint density at radius 3 is 2.77 bits per heavy atom. The average molecular weight is 303 g/mol. The molecule has 1 N–H and O–H groups in total. The molecule has 0 bridgehead atoms. The molecule has 4 heteroatoms. The zero-order valence-corrected chi connectivity index (χ0v) is 13.2. The summed E-state index contributed by atoms with van der Waals surface area (Å²) in [6.07, 6.45) is 5.24. The largest absolute Gasteiger partial charge is 0.462 e. The number of hydrogen-bond acceptors (Lipinski definition) is 3. The molecule has 1 aliphatic rings. The highest BCUT2D eigenvalue weighted by atomic mass is 16.5. The minimum Gasteiger partial charge on any atom is -0.462 e. The highest BCUT2D eigenvalue weighted by Gasteiger charge is 2.35. The lowest BCUT2D eigenvalue weighted by Gasteiger charge is -2.08. The third-order valence-corrected chi connectivity index (χ3v) is 4.06. The van der Waals surface area contributed by atoms with Gasteiger partial charge >= 0.3 is 5.97 Å². The van der Waals surface area contributed by atoms with Crippen LogP contribution >= 0.6 is 0 Å².